The molecule has 2 aromatic heterocycles. The molecule has 2 fully saturated rings. The van der Waals surface area contributed by atoms with Crippen LogP contribution in [-0.2, 0) is 0 Å². The fraction of sp³-hybridized carbons (Fsp3) is 0.478. The van der Waals surface area contributed by atoms with Crippen LogP contribution >= 0.6 is 11.3 Å². The summed E-state index contributed by atoms with van der Waals surface area (Å²) in [6.07, 6.45) is 5.66. The summed E-state index contributed by atoms with van der Waals surface area (Å²) in [4.78, 5) is 6.26. The van der Waals surface area contributed by atoms with Crippen LogP contribution in [-0.4, -0.2) is 49.7 Å². The number of aromatic hydroxyl groups is 1. The van der Waals surface area contributed by atoms with Crippen molar-refractivity contribution in [2.75, 3.05) is 11.9 Å². The van der Waals surface area contributed by atoms with Gasteiger partial charge in [-0.05, 0) is 49.1 Å². The number of nitriles is 1. The molecule has 2 heterocycles. The predicted octanol–water partition coefficient (Wildman–Crippen LogP) is 4.38. The quantitative estimate of drug-likeness (QED) is 0.604. The van der Waals surface area contributed by atoms with E-state index in [4.69, 9.17) is 5.26 Å². The Morgan fingerprint density at radius 1 is 1.24 bits per heavy atom. The predicted molar refractivity (Wildman–Crippen MR) is 122 cm³/mol. The molecule has 0 saturated heterocycles. The number of alkyl halides is 1. The van der Waals surface area contributed by atoms with Gasteiger partial charge in [-0.1, -0.05) is 30.7 Å². The number of hydrogen-bond donors (Lipinski definition) is 1. The second kappa shape index (κ2) is 8.30. The van der Waals surface area contributed by atoms with E-state index in [2.05, 4.69) is 32.3 Å². The Labute approximate surface area is 195 Å². The average molecular weight is 466 g/mol. The number of nitrogens with zero attached hydrogens (tertiary/aromatic N) is 7. The molecule has 0 unspecified atom stereocenters. The molecule has 5 rings (SSSR count). The molecule has 10 heteroatoms. The van der Waals surface area contributed by atoms with Crippen molar-refractivity contribution in [2.45, 2.75) is 51.2 Å². The molecular weight excluding hydrogens is 441 g/mol. The van der Waals surface area contributed by atoms with Gasteiger partial charge in [0.25, 0.3) is 0 Å². The first kappa shape index (κ1) is 21.6. The van der Waals surface area contributed by atoms with E-state index in [9.17, 15) is 5.11 Å². The monoisotopic (exact) mass is 465 g/mol. The van der Waals surface area contributed by atoms with Gasteiger partial charge in [-0.15, -0.1) is 20.4 Å². The van der Waals surface area contributed by atoms with Crippen LogP contribution in [0.4, 0.5) is 10.2 Å². The zero-order chi connectivity index (χ0) is 23.2. The Morgan fingerprint density at radius 3 is 2.79 bits per heavy atom. The molecule has 0 amide bonds. The number of rotatable bonds is 4. The number of anilines is 1. The summed E-state index contributed by atoms with van der Waals surface area (Å²) >= 11 is 1.15. The highest BCUT2D eigenvalue weighted by Gasteiger charge is 2.47. The Kier molecular flexibility index (Phi) is 5.44. The van der Waals surface area contributed by atoms with E-state index < -0.39 is 6.17 Å². The van der Waals surface area contributed by atoms with Crippen LogP contribution in [0.15, 0.2) is 24.4 Å². The normalized spacial score (nSPS) is 26.5. The third-order valence-corrected chi connectivity index (χ3v) is 7.92. The van der Waals surface area contributed by atoms with E-state index >= 15 is 4.39 Å². The molecule has 1 N–H and O–H groups in total. The zero-order valence-electron chi connectivity index (χ0n) is 18.4. The molecular formula is C23H24FN7OS. The molecule has 2 aliphatic carbocycles. The highest BCUT2D eigenvalue weighted by atomic mass is 32.1. The maximum Gasteiger partial charge on any atom is 0.218 e. The van der Waals surface area contributed by atoms with E-state index in [0.29, 0.717) is 22.0 Å². The van der Waals surface area contributed by atoms with E-state index in [1.807, 2.05) is 18.0 Å². The summed E-state index contributed by atoms with van der Waals surface area (Å²) in [6.45, 7) is 2.27. The second-order valence-corrected chi connectivity index (χ2v) is 10.4. The lowest BCUT2D eigenvalue weighted by atomic mass is 9.60. The van der Waals surface area contributed by atoms with Gasteiger partial charge in [0.2, 0.25) is 5.01 Å². The molecule has 2 aliphatic rings. The zero-order valence-corrected chi connectivity index (χ0v) is 19.3. The minimum Gasteiger partial charge on any atom is -0.507 e. The molecule has 2 saturated carbocycles. The van der Waals surface area contributed by atoms with Crippen molar-refractivity contribution >= 4 is 17.2 Å². The van der Waals surface area contributed by atoms with Crippen LogP contribution < -0.4 is 4.90 Å². The molecule has 33 heavy (non-hydrogen) atoms. The Hall–Kier alpha value is -3.19. The van der Waals surface area contributed by atoms with Crippen molar-refractivity contribution in [3.05, 3.63) is 29.4 Å². The van der Waals surface area contributed by atoms with Crippen LogP contribution in [0.25, 0.3) is 22.0 Å². The summed E-state index contributed by atoms with van der Waals surface area (Å²) in [6, 6.07) is 6.68. The lowest BCUT2D eigenvalue weighted by molar-refractivity contribution is 0.0113. The van der Waals surface area contributed by atoms with Crippen molar-refractivity contribution in [1.29, 1.82) is 5.26 Å². The van der Waals surface area contributed by atoms with Gasteiger partial charge < -0.3 is 10.0 Å². The number of hydrogen-bond acceptors (Lipinski definition) is 9. The van der Waals surface area contributed by atoms with Crippen LogP contribution in [0.2, 0.25) is 0 Å². The number of aromatic nitrogens is 5. The van der Waals surface area contributed by atoms with Crippen molar-refractivity contribution in [3.63, 3.8) is 0 Å². The van der Waals surface area contributed by atoms with Crippen LogP contribution in [0.3, 0.4) is 0 Å². The van der Waals surface area contributed by atoms with Crippen molar-refractivity contribution in [3.8, 4) is 33.8 Å². The van der Waals surface area contributed by atoms with Crippen molar-refractivity contribution < 1.29 is 9.50 Å². The van der Waals surface area contributed by atoms with E-state index in [-0.39, 0.29) is 34.0 Å². The summed E-state index contributed by atoms with van der Waals surface area (Å²) in [5.41, 5.74) is 1.25. The Balaban J connectivity index is 1.36. The molecule has 4 atom stereocenters. The van der Waals surface area contributed by atoms with Gasteiger partial charge in [0, 0.05) is 12.6 Å². The molecule has 170 valence electrons. The smallest absolute Gasteiger partial charge is 0.218 e. The van der Waals surface area contributed by atoms with Gasteiger partial charge in [-0.2, -0.15) is 5.26 Å². The first-order valence-electron chi connectivity index (χ1n) is 11.0. The summed E-state index contributed by atoms with van der Waals surface area (Å²) in [5.74, 6) is 0.873. The van der Waals surface area contributed by atoms with Crippen LogP contribution in [0.1, 0.15) is 44.0 Å². The lowest BCUT2D eigenvalue weighted by Gasteiger charge is -2.50. The Bertz CT molecular complexity index is 1210. The number of benzene rings is 1. The van der Waals surface area contributed by atoms with Gasteiger partial charge in [0.15, 0.2) is 11.6 Å². The first-order chi connectivity index (χ1) is 15.9. The van der Waals surface area contributed by atoms with Gasteiger partial charge in [-0.3, -0.25) is 0 Å². The average Bonchev–Trinajstić information content (AvgIpc) is 3.31. The molecule has 8 nitrogen and oxygen atoms in total. The second-order valence-electron chi connectivity index (χ2n) is 9.39. The number of halogens is 1. The maximum absolute atomic E-state index is 15.3. The molecule has 1 aromatic carbocycles. The summed E-state index contributed by atoms with van der Waals surface area (Å²) in [5, 5.41) is 36.5. The molecule has 0 aliphatic heterocycles. The fourth-order valence-electron chi connectivity index (χ4n) is 5.33. The SMILES string of the molecule is CN(c1cnc(-c2ccc(-c3nnc(C#N)s3)cc2O)nn1)[C@@H]1C[C@@]2(C)CCC[C@H](C2)[C@@H]1F. The number of fused-ring (bicyclic) bond motifs is 2. The van der Waals surface area contributed by atoms with Crippen molar-refractivity contribution in [1.82, 2.24) is 25.4 Å². The Morgan fingerprint density at radius 2 is 2.09 bits per heavy atom. The molecule has 3 aromatic rings. The van der Waals surface area contributed by atoms with Gasteiger partial charge >= 0.3 is 0 Å². The van der Waals surface area contributed by atoms with Gasteiger partial charge in [0.05, 0.1) is 17.8 Å². The highest BCUT2D eigenvalue weighted by Crippen LogP contribution is 2.50. The van der Waals surface area contributed by atoms with E-state index in [1.54, 1.807) is 18.3 Å². The third kappa shape index (κ3) is 4.02. The van der Waals surface area contributed by atoms with Crippen molar-refractivity contribution in [2.24, 2.45) is 11.3 Å². The largest absolute Gasteiger partial charge is 0.507 e. The first-order valence-corrected chi connectivity index (χ1v) is 11.8. The van der Waals surface area contributed by atoms with Gasteiger partial charge in [-0.25, -0.2) is 9.37 Å². The summed E-state index contributed by atoms with van der Waals surface area (Å²) in [7, 11) is 1.86. The van der Waals surface area contributed by atoms with E-state index in [0.717, 1.165) is 43.4 Å². The number of phenolic OH excluding ortho intramolecular Hbond substituents is 1. The number of phenols is 1. The lowest BCUT2D eigenvalue weighted by Crippen LogP contribution is -2.52. The minimum atomic E-state index is -0.886. The topological polar surface area (TPSA) is 112 Å². The van der Waals surface area contributed by atoms with Gasteiger partial charge in [0.1, 0.15) is 23.0 Å². The molecule has 2 bridgehead atoms. The molecule has 0 spiro atoms. The summed E-state index contributed by atoms with van der Waals surface area (Å²) < 4.78 is 15.3. The van der Waals surface area contributed by atoms with Crippen LogP contribution in [0.5, 0.6) is 5.75 Å². The molecule has 0 radical (unpaired) electrons. The highest BCUT2D eigenvalue weighted by molar-refractivity contribution is 7.15. The maximum atomic E-state index is 15.3. The standard InChI is InChI=1S/C23H24FN7OS/c1-23-7-3-4-14(9-23)20(24)16(10-23)31(2)18-12-26-21(29-27-18)15-6-5-13(8-17(15)32)22-30-28-19(11-25)33-22/h5-6,8,12,14,16,20,32H,3-4,7,9-10H2,1-2H3/t14-,16-,20+,23+/m1/s1. The van der Waals surface area contributed by atoms with Crippen LogP contribution in [0, 0.1) is 22.7 Å². The third-order valence-electron chi connectivity index (χ3n) is 7.04. The minimum absolute atomic E-state index is 0.0269. The fourth-order valence-corrected chi connectivity index (χ4v) is 5.97. The van der Waals surface area contributed by atoms with E-state index in [1.165, 1.54) is 6.07 Å².